The van der Waals surface area contributed by atoms with Gasteiger partial charge in [0.15, 0.2) is 5.69 Å². The van der Waals surface area contributed by atoms with Crippen LogP contribution in [0.5, 0.6) is 0 Å². The van der Waals surface area contributed by atoms with Crippen molar-refractivity contribution in [2.45, 2.75) is 19.4 Å². The van der Waals surface area contributed by atoms with Gasteiger partial charge >= 0.3 is 11.7 Å². The third kappa shape index (κ3) is 3.88. The molecule has 0 spiro atoms. The maximum Gasteiger partial charge on any atom is 0.354 e. The molecule has 0 aliphatic carbocycles. The fraction of sp³-hybridized carbons (Fsp3) is 0.455. The molecule has 0 unspecified atom stereocenters. The van der Waals surface area contributed by atoms with Crippen molar-refractivity contribution in [3.63, 3.8) is 0 Å². The normalized spacial score (nSPS) is 11.2. The number of hydrogen-bond acceptors (Lipinski definition) is 6. The predicted molar refractivity (Wildman–Crippen MR) is 67.4 cm³/mol. The molecular weight excluding hydrogens is 254 g/mol. The fourth-order valence-electron chi connectivity index (χ4n) is 1.64. The van der Waals surface area contributed by atoms with Crippen LogP contribution in [0.4, 0.5) is 11.5 Å². The van der Waals surface area contributed by atoms with E-state index < -0.39 is 16.5 Å². The molecule has 0 aliphatic heterocycles. The lowest BCUT2D eigenvalue weighted by molar-refractivity contribution is -0.384. The second-order valence-electron chi connectivity index (χ2n) is 4.77. The summed E-state index contributed by atoms with van der Waals surface area (Å²) < 4.78 is 0. The summed E-state index contributed by atoms with van der Waals surface area (Å²) in [6, 6.07) is 2.16. The number of carbonyl (C=O) groups is 1. The fourth-order valence-corrected chi connectivity index (χ4v) is 1.64. The minimum Gasteiger partial charge on any atom is -0.477 e. The van der Waals surface area contributed by atoms with E-state index in [0.29, 0.717) is 0 Å². The van der Waals surface area contributed by atoms with Gasteiger partial charge in [0.25, 0.3) is 0 Å². The Kier molecular flexibility index (Phi) is 4.05. The van der Waals surface area contributed by atoms with Gasteiger partial charge in [-0.2, -0.15) is 0 Å². The first-order chi connectivity index (χ1) is 8.61. The summed E-state index contributed by atoms with van der Waals surface area (Å²) in [5, 5.41) is 29.5. The lowest BCUT2D eigenvalue weighted by atomic mass is 10.1. The van der Waals surface area contributed by atoms with Gasteiger partial charge in [0.1, 0.15) is 0 Å². The Hall–Kier alpha value is -2.22. The maximum absolute atomic E-state index is 10.9. The summed E-state index contributed by atoms with van der Waals surface area (Å²) in [5.41, 5.74) is -1.69. The Morgan fingerprint density at radius 2 is 2.11 bits per heavy atom. The van der Waals surface area contributed by atoms with Gasteiger partial charge in [0.2, 0.25) is 5.82 Å². The topological polar surface area (TPSA) is 117 Å². The molecule has 0 amide bonds. The van der Waals surface area contributed by atoms with Crippen LogP contribution in [0, 0.1) is 10.1 Å². The van der Waals surface area contributed by atoms with Crippen LogP contribution in [0.15, 0.2) is 12.1 Å². The molecule has 8 nitrogen and oxygen atoms in total. The number of hydrogen-bond donors (Lipinski definition) is 2. The zero-order valence-electron chi connectivity index (χ0n) is 10.8. The van der Waals surface area contributed by atoms with Crippen LogP contribution >= 0.6 is 0 Å². The molecule has 1 aromatic heterocycles. The average Bonchev–Trinajstić information content (AvgIpc) is 2.25. The van der Waals surface area contributed by atoms with Gasteiger partial charge in [0, 0.05) is 19.7 Å². The molecule has 0 radical (unpaired) electrons. The van der Waals surface area contributed by atoms with Gasteiger partial charge in [-0.05, 0) is 19.9 Å². The number of anilines is 1. The minimum absolute atomic E-state index is 0.0733. The van der Waals surface area contributed by atoms with Gasteiger partial charge in [-0.15, -0.1) is 0 Å². The first kappa shape index (κ1) is 14.8. The van der Waals surface area contributed by atoms with E-state index in [1.165, 1.54) is 25.8 Å². The standard InChI is InChI=1S/C11H15N3O5/c1-11(2,17)6-13(3)9-8(14(18)19)5-4-7(12-9)10(15)16/h4-5,17H,6H2,1-3H3,(H,15,16). The van der Waals surface area contributed by atoms with E-state index in [2.05, 4.69) is 4.98 Å². The highest BCUT2D eigenvalue weighted by molar-refractivity contribution is 5.86. The highest BCUT2D eigenvalue weighted by Gasteiger charge is 2.25. The smallest absolute Gasteiger partial charge is 0.354 e. The van der Waals surface area contributed by atoms with Crippen molar-refractivity contribution in [1.82, 2.24) is 4.98 Å². The van der Waals surface area contributed by atoms with E-state index in [1.807, 2.05) is 0 Å². The molecule has 104 valence electrons. The van der Waals surface area contributed by atoms with Crippen LogP contribution in [-0.2, 0) is 0 Å². The summed E-state index contributed by atoms with van der Waals surface area (Å²) in [6.07, 6.45) is 0. The number of aliphatic hydroxyl groups is 1. The third-order valence-corrected chi connectivity index (χ3v) is 2.26. The number of carboxylic acids is 1. The van der Waals surface area contributed by atoms with Crippen molar-refractivity contribution in [3.05, 3.63) is 27.9 Å². The number of nitrogens with zero attached hydrogens (tertiary/aromatic N) is 3. The van der Waals surface area contributed by atoms with E-state index in [4.69, 9.17) is 5.11 Å². The molecule has 2 N–H and O–H groups in total. The maximum atomic E-state index is 10.9. The molecule has 1 rings (SSSR count). The summed E-state index contributed by atoms with van der Waals surface area (Å²) in [7, 11) is 1.50. The van der Waals surface area contributed by atoms with Crippen molar-refractivity contribution < 1.29 is 19.9 Å². The first-order valence-corrected chi connectivity index (χ1v) is 5.44. The van der Waals surface area contributed by atoms with E-state index in [9.17, 15) is 20.0 Å². The van der Waals surface area contributed by atoms with E-state index in [1.54, 1.807) is 0 Å². The zero-order chi connectivity index (χ0) is 14.8. The van der Waals surface area contributed by atoms with Crippen LogP contribution in [-0.4, -0.2) is 45.3 Å². The molecule has 0 atom stereocenters. The van der Waals surface area contributed by atoms with Crippen LogP contribution in [0.2, 0.25) is 0 Å². The number of carboxylic acid groups (broad SMARTS) is 1. The van der Waals surface area contributed by atoms with Gasteiger partial charge < -0.3 is 15.1 Å². The molecule has 8 heteroatoms. The zero-order valence-corrected chi connectivity index (χ0v) is 10.8. The SMILES string of the molecule is CN(CC(C)(C)O)c1nc(C(=O)O)ccc1[N+](=O)[O-]. The average molecular weight is 269 g/mol. The monoisotopic (exact) mass is 269 g/mol. The van der Waals surface area contributed by atoms with Crippen molar-refractivity contribution in [2.24, 2.45) is 0 Å². The predicted octanol–water partition coefficient (Wildman–Crippen LogP) is 0.895. The van der Waals surface area contributed by atoms with E-state index >= 15 is 0 Å². The molecule has 0 aliphatic rings. The Labute approximate surface area is 109 Å². The number of nitro groups is 1. The minimum atomic E-state index is -1.27. The molecular formula is C11H15N3O5. The summed E-state index contributed by atoms with van der Waals surface area (Å²) in [5.74, 6) is -1.36. The van der Waals surface area contributed by atoms with Crippen molar-refractivity contribution in [1.29, 1.82) is 0 Å². The molecule has 0 saturated carbocycles. The highest BCUT2D eigenvalue weighted by Crippen LogP contribution is 2.26. The molecule has 1 aromatic rings. The Bertz CT molecular complexity index is 510. The van der Waals surface area contributed by atoms with Crippen LogP contribution in [0.3, 0.4) is 0 Å². The van der Waals surface area contributed by atoms with Gasteiger partial charge in [-0.25, -0.2) is 9.78 Å². The lowest BCUT2D eigenvalue weighted by Gasteiger charge is -2.26. The Morgan fingerprint density at radius 1 is 1.53 bits per heavy atom. The number of rotatable bonds is 5. The second kappa shape index (κ2) is 5.19. The molecule has 0 saturated heterocycles. The van der Waals surface area contributed by atoms with E-state index in [0.717, 1.165) is 12.1 Å². The van der Waals surface area contributed by atoms with Gasteiger partial charge in [-0.1, -0.05) is 0 Å². The highest BCUT2D eigenvalue weighted by atomic mass is 16.6. The van der Waals surface area contributed by atoms with Gasteiger partial charge in [0.05, 0.1) is 10.5 Å². The van der Waals surface area contributed by atoms with Crippen molar-refractivity contribution in [3.8, 4) is 0 Å². The summed E-state index contributed by atoms with van der Waals surface area (Å²) >= 11 is 0. The van der Waals surface area contributed by atoms with Crippen LogP contribution in [0.25, 0.3) is 0 Å². The second-order valence-corrected chi connectivity index (χ2v) is 4.77. The molecule has 19 heavy (non-hydrogen) atoms. The van der Waals surface area contributed by atoms with Crippen molar-refractivity contribution >= 4 is 17.5 Å². The van der Waals surface area contributed by atoms with E-state index in [-0.39, 0.29) is 23.7 Å². The molecule has 0 aromatic carbocycles. The molecule has 0 bridgehead atoms. The van der Waals surface area contributed by atoms with Crippen LogP contribution < -0.4 is 4.90 Å². The molecule has 0 fully saturated rings. The number of aromatic carboxylic acids is 1. The summed E-state index contributed by atoms with van der Waals surface area (Å²) in [6.45, 7) is 3.15. The first-order valence-electron chi connectivity index (χ1n) is 5.44. The lowest BCUT2D eigenvalue weighted by Crippen LogP contribution is -2.37. The van der Waals surface area contributed by atoms with Gasteiger partial charge in [-0.3, -0.25) is 10.1 Å². The largest absolute Gasteiger partial charge is 0.477 e. The number of likely N-dealkylation sites (N-methyl/N-ethyl adjacent to an activating group) is 1. The number of aromatic nitrogens is 1. The molecule has 1 heterocycles. The summed E-state index contributed by atoms with van der Waals surface area (Å²) in [4.78, 5) is 26.2. The quantitative estimate of drug-likeness (QED) is 0.602. The van der Waals surface area contributed by atoms with Crippen molar-refractivity contribution in [2.75, 3.05) is 18.5 Å². The Morgan fingerprint density at radius 3 is 2.53 bits per heavy atom. The van der Waals surface area contributed by atoms with Crippen LogP contribution in [0.1, 0.15) is 24.3 Å². The third-order valence-electron chi connectivity index (χ3n) is 2.26. The number of pyridine rings is 1. The Balaban J connectivity index is 3.24.